The van der Waals surface area contributed by atoms with E-state index in [9.17, 15) is 20.0 Å². The lowest BCUT2D eigenvalue weighted by Gasteiger charge is -2.34. The molecule has 0 aliphatic carbocycles. The van der Waals surface area contributed by atoms with Crippen LogP contribution in [0.4, 0.5) is 5.69 Å². The lowest BCUT2D eigenvalue weighted by atomic mass is 9.90. The maximum atomic E-state index is 11.3. The molecule has 126 valence electrons. The average Bonchev–Trinajstić information content (AvgIpc) is 2.46. The van der Waals surface area contributed by atoms with Crippen molar-refractivity contribution in [2.75, 3.05) is 13.1 Å². The monoisotopic (exact) mass is 320 g/mol. The number of hydrogen-bond acceptors (Lipinski definition) is 4. The Morgan fingerprint density at radius 1 is 1.43 bits per heavy atom. The highest BCUT2D eigenvalue weighted by molar-refractivity contribution is 5.70. The molecule has 6 heteroatoms. The summed E-state index contributed by atoms with van der Waals surface area (Å²) >= 11 is 0. The fourth-order valence-electron chi connectivity index (χ4n) is 3.36. The summed E-state index contributed by atoms with van der Waals surface area (Å²) in [4.78, 5) is 24.3. The summed E-state index contributed by atoms with van der Waals surface area (Å²) in [5.41, 5.74) is 1.74. The van der Waals surface area contributed by atoms with Gasteiger partial charge in [0.2, 0.25) is 0 Å². The van der Waals surface area contributed by atoms with Crippen LogP contribution in [0.1, 0.15) is 44.2 Å². The zero-order valence-corrected chi connectivity index (χ0v) is 13.9. The number of nitro benzene ring substituents is 1. The molecule has 0 saturated carbocycles. The summed E-state index contributed by atoms with van der Waals surface area (Å²) in [5, 5.41) is 20.5. The van der Waals surface area contributed by atoms with Crippen LogP contribution in [0.2, 0.25) is 0 Å². The van der Waals surface area contributed by atoms with Crippen molar-refractivity contribution in [1.82, 2.24) is 4.90 Å². The van der Waals surface area contributed by atoms with Crippen LogP contribution in [0.5, 0.6) is 0 Å². The zero-order chi connectivity index (χ0) is 17.1. The van der Waals surface area contributed by atoms with E-state index in [0.717, 1.165) is 17.7 Å². The highest BCUT2D eigenvalue weighted by Crippen LogP contribution is 2.29. The van der Waals surface area contributed by atoms with Gasteiger partial charge in [0.25, 0.3) is 5.69 Å². The van der Waals surface area contributed by atoms with Gasteiger partial charge < -0.3 is 5.11 Å². The molecule has 2 rings (SSSR count). The van der Waals surface area contributed by atoms with Crippen molar-refractivity contribution in [1.29, 1.82) is 0 Å². The molecule has 1 saturated heterocycles. The molecule has 6 nitrogen and oxygen atoms in total. The largest absolute Gasteiger partial charge is 0.481 e. The van der Waals surface area contributed by atoms with Gasteiger partial charge in [0, 0.05) is 31.3 Å². The third-order valence-electron chi connectivity index (χ3n) is 4.40. The zero-order valence-electron chi connectivity index (χ0n) is 13.9. The third-order valence-corrected chi connectivity index (χ3v) is 4.40. The number of likely N-dealkylation sites (tertiary alicyclic amines) is 1. The third kappa shape index (κ3) is 4.28. The molecular formula is C17H24N2O4. The van der Waals surface area contributed by atoms with Crippen LogP contribution in [0.15, 0.2) is 18.2 Å². The van der Waals surface area contributed by atoms with Crippen molar-refractivity contribution < 1.29 is 14.8 Å². The van der Waals surface area contributed by atoms with Crippen LogP contribution in [0, 0.1) is 22.0 Å². The van der Waals surface area contributed by atoms with Crippen LogP contribution in [-0.4, -0.2) is 34.0 Å². The van der Waals surface area contributed by atoms with Crippen molar-refractivity contribution in [3.05, 3.63) is 39.4 Å². The topological polar surface area (TPSA) is 83.7 Å². The van der Waals surface area contributed by atoms with Gasteiger partial charge in [-0.3, -0.25) is 19.8 Å². The maximum Gasteiger partial charge on any atom is 0.307 e. The fraction of sp³-hybridized carbons (Fsp3) is 0.588. The second kappa shape index (κ2) is 7.08. The Morgan fingerprint density at radius 3 is 2.70 bits per heavy atom. The number of piperidine rings is 1. The number of hydrogen-bond donors (Lipinski definition) is 1. The van der Waals surface area contributed by atoms with Crippen LogP contribution < -0.4 is 0 Å². The van der Waals surface area contributed by atoms with E-state index in [0.29, 0.717) is 25.4 Å². The van der Waals surface area contributed by atoms with Crippen molar-refractivity contribution >= 4 is 11.7 Å². The molecule has 1 fully saturated rings. The van der Waals surface area contributed by atoms with Gasteiger partial charge in [-0.15, -0.1) is 0 Å². The molecule has 0 amide bonds. The quantitative estimate of drug-likeness (QED) is 0.665. The number of nitrogens with zero attached hydrogens (tertiary/aromatic N) is 2. The molecule has 1 heterocycles. The Kier molecular flexibility index (Phi) is 5.36. The second-order valence-electron chi connectivity index (χ2n) is 6.88. The molecule has 1 N–H and O–H groups in total. The van der Waals surface area contributed by atoms with E-state index in [2.05, 4.69) is 4.90 Å². The Morgan fingerprint density at radius 2 is 2.13 bits per heavy atom. The predicted octanol–water partition coefficient (Wildman–Crippen LogP) is 3.26. The molecule has 1 aromatic carbocycles. The molecule has 23 heavy (non-hydrogen) atoms. The standard InChI is InChI=1S/C17H24N2O4/c1-11(2)15-5-4-13(7-16(15)19(22)23)9-18-8-12(3)6-14(10-18)17(20)21/h4-5,7,11-12,14H,6,8-10H2,1-3H3,(H,20,21). The van der Waals surface area contributed by atoms with Gasteiger partial charge in [0.1, 0.15) is 0 Å². The molecule has 2 unspecified atom stereocenters. The van der Waals surface area contributed by atoms with Gasteiger partial charge in [0.05, 0.1) is 10.8 Å². The normalized spacial score (nSPS) is 22.3. The number of nitro groups is 1. The average molecular weight is 320 g/mol. The molecule has 0 spiro atoms. The van der Waals surface area contributed by atoms with Crippen molar-refractivity contribution in [2.24, 2.45) is 11.8 Å². The first-order chi connectivity index (χ1) is 10.8. The Hall–Kier alpha value is -1.95. The van der Waals surface area contributed by atoms with Crippen LogP contribution in [-0.2, 0) is 11.3 Å². The van der Waals surface area contributed by atoms with Crippen LogP contribution in [0.3, 0.4) is 0 Å². The van der Waals surface area contributed by atoms with E-state index in [4.69, 9.17) is 0 Å². The number of carboxylic acids is 1. The molecule has 1 aliphatic heterocycles. The molecule has 0 aromatic heterocycles. The van der Waals surface area contributed by atoms with Gasteiger partial charge in [-0.1, -0.05) is 32.9 Å². The summed E-state index contributed by atoms with van der Waals surface area (Å²) in [5.74, 6) is -0.711. The van der Waals surface area contributed by atoms with Gasteiger partial charge in [0.15, 0.2) is 0 Å². The number of carboxylic acid groups (broad SMARTS) is 1. The Balaban J connectivity index is 2.18. The summed E-state index contributed by atoms with van der Waals surface area (Å²) in [6.45, 7) is 7.79. The maximum absolute atomic E-state index is 11.3. The predicted molar refractivity (Wildman–Crippen MR) is 87.4 cm³/mol. The first-order valence-corrected chi connectivity index (χ1v) is 8.00. The lowest BCUT2D eigenvalue weighted by molar-refractivity contribution is -0.385. The van der Waals surface area contributed by atoms with E-state index in [1.54, 1.807) is 6.07 Å². The lowest BCUT2D eigenvalue weighted by Crippen LogP contribution is -2.41. The molecular weight excluding hydrogens is 296 g/mol. The number of carbonyl (C=O) groups is 1. The van der Waals surface area contributed by atoms with Crippen LogP contribution >= 0.6 is 0 Å². The molecule has 0 radical (unpaired) electrons. The Labute approximate surface area is 136 Å². The van der Waals surface area contributed by atoms with Gasteiger partial charge in [-0.2, -0.15) is 0 Å². The second-order valence-corrected chi connectivity index (χ2v) is 6.88. The van der Waals surface area contributed by atoms with Gasteiger partial charge in [-0.25, -0.2) is 0 Å². The summed E-state index contributed by atoms with van der Waals surface area (Å²) in [6, 6.07) is 5.36. The van der Waals surface area contributed by atoms with E-state index in [-0.39, 0.29) is 22.4 Å². The minimum absolute atomic E-state index is 0.0934. The minimum atomic E-state index is -0.761. The summed E-state index contributed by atoms with van der Waals surface area (Å²) < 4.78 is 0. The molecule has 2 atom stereocenters. The smallest absolute Gasteiger partial charge is 0.307 e. The fourth-order valence-corrected chi connectivity index (χ4v) is 3.36. The number of benzene rings is 1. The minimum Gasteiger partial charge on any atom is -0.481 e. The van der Waals surface area contributed by atoms with E-state index in [1.807, 2.05) is 32.9 Å². The first kappa shape index (κ1) is 17.4. The van der Waals surface area contributed by atoms with E-state index < -0.39 is 5.97 Å². The highest BCUT2D eigenvalue weighted by Gasteiger charge is 2.29. The Bertz CT molecular complexity index is 600. The SMILES string of the molecule is CC1CC(C(=O)O)CN(Cc2ccc(C(C)C)c([N+](=O)[O-])c2)C1. The number of aliphatic carboxylic acids is 1. The van der Waals surface area contributed by atoms with Gasteiger partial charge >= 0.3 is 5.97 Å². The van der Waals surface area contributed by atoms with Gasteiger partial charge in [-0.05, 0) is 23.8 Å². The molecule has 1 aliphatic rings. The van der Waals surface area contributed by atoms with Crippen molar-refractivity contribution in [2.45, 2.75) is 39.7 Å². The van der Waals surface area contributed by atoms with Crippen LogP contribution in [0.25, 0.3) is 0 Å². The molecule has 1 aromatic rings. The molecule has 0 bridgehead atoms. The summed E-state index contributed by atoms with van der Waals surface area (Å²) in [7, 11) is 0. The van der Waals surface area contributed by atoms with E-state index >= 15 is 0 Å². The summed E-state index contributed by atoms with van der Waals surface area (Å²) in [6.07, 6.45) is 0.693. The number of rotatable bonds is 5. The highest BCUT2D eigenvalue weighted by atomic mass is 16.6. The first-order valence-electron chi connectivity index (χ1n) is 8.00. The van der Waals surface area contributed by atoms with Crippen molar-refractivity contribution in [3.63, 3.8) is 0 Å². The van der Waals surface area contributed by atoms with E-state index in [1.165, 1.54) is 0 Å². The van der Waals surface area contributed by atoms with Crippen molar-refractivity contribution in [3.8, 4) is 0 Å².